The summed E-state index contributed by atoms with van der Waals surface area (Å²) in [5.74, 6) is 0.817. The van der Waals surface area contributed by atoms with Crippen molar-refractivity contribution in [1.82, 2.24) is 25.1 Å². The van der Waals surface area contributed by atoms with Crippen molar-refractivity contribution in [2.45, 2.75) is 39.0 Å². The van der Waals surface area contributed by atoms with Gasteiger partial charge in [0.2, 0.25) is 11.8 Å². The van der Waals surface area contributed by atoms with Crippen LogP contribution in [0.4, 0.5) is 10.2 Å². The number of aromatic nitrogens is 4. The number of aliphatic hydroxyl groups is 1. The summed E-state index contributed by atoms with van der Waals surface area (Å²) in [6.07, 6.45) is 1.23. The van der Waals surface area contributed by atoms with Crippen molar-refractivity contribution in [1.29, 1.82) is 0 Å². The smallest absolute Gasteiger partial charge is 0.230 e. The molecule has 24 heavy (non-hydrogen) atoms. The first kappa shape index (κ1) is 16.7. The van der Waals surface area contributed by atoms with Gasteiger partial charge in [-0.3, -0.25) is 4.90 Å². The molecular weight excluding hydrogens is 315 g/mol. The van der Waals surface area contributed by atoms with Gasteiger partial charge >= 0.3 is 0 Å². The van der Waals surface area contributed by atoms with Crippen LogP contribution in [0.15, 0.2) is 10.7 Å². The number of hydrogen-bond acceptors (Lipinski definition) is 8. The van der Waals surface area contributed by atoms with Crippen LogP contribution in [0.1, 0.15) is 24.4 Å². The van der Waals surface area contributed by atoms with Gasteiger partial charge in [0, 0.05) is 20.0 Å². The number of likely N-dealkylation sites (N-methyl/N-ethyl adjacent to an activating group) is 1. The predicted octanol–water partition coefficient (Wildman–Crippen LogP) is 0.551. The summed E-state index contributed by atoms with van der Waals surface area (Å²) < 4.78 is 19.8. The highest BCUT2D eigenvalue weighted by molar-refractivity contribution is 5.43. The Bertz CT molecular complexity index is 709. The lowest BCUT2D eigenvalue weighted by Crippen LogP contribution is -2.40. The Morgan fingerprint density at radius 1 is 1.38 bits per heavy atom. The molecule has 1 saturated heterocycles. The van der Waals surface area contributed by atoms with Crippen LogP contribution in [-0.4, -0.2) is 62.5 Å². The van der Waals surface area contributed by atoms with Crippen molar-refractivity contribution in [3.63, 3.8) is 0 Å². The zero-order valence-corrected chi connectivity index (χ0v) is 14.0. The lowest BCUT2D eigenvalue weighted by Gasteiger charge is -2.25. The summed E-state index contributed by atoms with van der Waals surface area (Å²) in [6, 6.07) is -0.184. The molecule has 9 heteroatoms. The van der Waals surface area contributed by atoms with Gasteiger partial charge in [0.15, 0.2) is 11.6 Å². The molecule has 1 aliphatic heterocycles. The predicted molar refractivity (Wildman–Crippen MR) is 83.9 cm³/mol. The molecule has 0 aromatic carbocycles. The normalized spacial score (nSPS) is 21.0. The second-order valence-corrected chi connectivity index (χ2v) is 5.98. The van der Waals surface area contributed by atoms with E-state index in [1.807, 2.05) is 18.9 Å². The van der Waals surface area contributed by atoms with E-state index >= 15 is 0 Å². The first-order chi connectivity index (χ1) is 11.5. The lowest BCUT2D eigenvalue weighted by atomic mass is 10.2. The molecule has 1 aliphatic rings. The van der Waals surface area contributed by atoms with Crippen molar-refractivity contribution < 1.29 is 13.9 Å². The lowest BCUT2D eigenvalue weighted by molar-refractivity contribution is 0.0903. The minimum atomic E-state index is -0.626. The standard InChI is InChI=1S/C15H21FN6O2/c1-4-10-14(16)15(18-8-17-10)22-5-11(12(23)6-22)21(3)7-13-20-19-9(2)24-13/h8,11-12,23H,4-7H2,1-3H3/t11?,12-/m1/s1. The van der Waals surface area contributed by atoms with Crippen LogP contribution >= 0.6 is 0 Å². The van der Waals surface area contributed by atoms with Gasteiger partial charge in [0.1, 0.15) is 6.33 Å². The van der Waals surface area contributed by atoms with E-state index in [2.05, 4.69) is 20.2 Å². The average Bonchev–Trinajstić information content (AvgIpc) is 3.13. The molecular formula is C15H21FN6O2. The van der Waals surface area contributed by atoms with E-state index in [0.717, 1.165) is 0 Å². The topological polar surface area (TPSA) is 91.4 Å². The number of aryl methyl sites for hydroxylation is 2. The molecule has 3 rings (SSSR count). The number of anilines is 1. The van der Waals surface area contributed by atoms with Gasteiger partial charge in [0.05, 0.1) is 24.4 Å². The van der Waals surface area contributed by atoms with Crippen LogP contribution in [0.5, 0.6) is 0 Å². The van der Waals surface area contributed by atoms with Gasteiger partial charge in [-0.1, -0.05) is 6.92 Å². The Hall–Kier alpha value is -2.13. The van der Waals surface area contributed by atoms with Crippen LogP contribution in [0.25, 0.3) is 0 Å². The van der Waals surface area contributed by atoms with Crippen molar-refractivity contribution in [3.05, 3.63) is 29.6 Å². The van der Waals surface area contributed by atoms with E-state index in [1.54, 1.807) is 11.8 Å². The number of rotatable bonds is 5. The number of nitrogens with zero attached hydrogens (tertiary/aromatic N) is 6. The maximum atomic E-state index is 14.4. The highest BCUT2D eigenvalue weighted by Gasteiger charge is 2.36. The van der Waals surface area contributed by atoms with Crippen molar-refractivity contribution >= 4 is 5.82 Å². The Balaban J connectivity index is 1.72. The molecule has 3 heterocycles. The number of hydrogen-bond donors (Lipinski definition) is 1. The van der Waals surface area contributed by atoms with Gasteiger partial charge < -0.3 is 14.4 Å². The van der Waals surface area contributed by atoms with E-state index in [-0.39, 0.29) is 11.9 Å². The molecule has 1 fully saturated rings. The fraction of sp³-hybridized carbons (Fsp3) is 0.600. The molecule has 2 aromatic rings. The molecule has 1 unspecified atom stereocenters. The minimum Gasteiger partial charge on any atom is -0.424 e. The van der Waals surface area contributed by atoms with Crippen molar-refractivity contribution in [3.8, 4) is 0 Å². The van der Waals surface area contributed by atoms with Crippen LogP contribution in [-0.2, 0) is 13.0 Å². The van der Waals surface area contributed by atoms with Gasteiger partial charge in [-0.25, -0.2) is 14.4 Å². The Morgan fingerprint density at radius 3 is 2.83 bits per heavy atom. The first-order valence-corrected chi connectivity index (χ1v) is 7.91. The quantitative estimate of drug-likeness (QED) is 0.846. The number of aliphatic hydroxyl groups excluding tert-OH is 1. The third kappa shape index (κ3) is 3.22. The van der Waals surface area contributed by atoms with Gasteiger partial charge in [-0.2, -0.15) is 0 Å². The molecule has 0 amide bonds. The molecule has 1 N–H and O–H groups in total. The first-order valence-electron chi connectivity index (χ1n) is 7.91. The third-order valence-corrected chi connectivity index (χ3v) is 4.26. The SMILES string of the molecule is CCc1ncnc(N2CC(N(C)Cc3nnc(C)o3)[C@H](O)C2)c1F. The summed E-state index contributed by atoms with van der Waals surface area (Å²) in [7, 11) is 1.87. The summed E-state index contributed by atoms with van der Waals surface area (Å²) in [6.45, 7) is 4.77. The summed E-state index contributed by atoms with van der Waals surface area (Å²) in [4.78, 5) is 11.7. The van der Waals surface area contributed by atoms with Gasteiger partial charge in [-0.05, 0) is 13.5 Å². The molecule has 0 saturated carbocycles. The average molecular weight is 336 g/mol. The molecule has 0 radical (unpaired) electrons. The van der Waals surface area contributed by atoms with E-state index in [9.17, 15) is 9.50 Å². The van der Waals surface area contributed by atoms with E-state index < -0.39 is 11.9 Å². The molecule has 8 nitrogen and oxygen atoms in total. The second-order valence-electron chi connectivity index (χ2n) is 5.98. The fourth-order valence-electron chi connectivity index (χ4n) is 2.97. The van der Waals surface area contributed by atoms with Gasteiger partial charge in [-0.15, -0.1) is 10.2 Å². The molecule has 0 bridgehead atoms. The van der Waals surface area contributed by atoms with E-state index in [4.69, 9.17) is 4.42 Å². The summed E-state index contributed by atoms with van der Waals surface area (Å²) in [5, 5.41) is 18.1. The minimum absolute atomic E-state index is 0.184. The maximum absolute atomic E-state index is 14.4. The highest BCUT2D eigenvalue weighted by Crippen LogP contribution is 2.25. The Morgan fingerprint density at radius 2 is 2.17 bits per heavy atom. The second kappa shape index (κ2) is 6.78. The summed E-state index contributed by atoms with van der Waals surface area (Å²) in [5.41, 5.74) is 0.382. The van der Waals surface area contributed by atoms with Gasteiger partial charge in [0.25, 0.3) is 0 Å². The molecule has 2 aromatic heterocycles. The number of β-amino-alcohol motifs (C(OH)–C–C–N with tert-alkyl or cyclic N) is 1. The molecule has 0 aliphatic carbocycles. The monoisotopic (exact) mass is 336 g/mol. The fourth-order valence-corrected chi connectivity index (χ4v) is 2.97. The zero-order chi connectivity index (χ0) is 17.3. The van der Waals surface area contributed by atoms with E-state index in [1.165, 1.54) is 6.33 Å². The molecule has 2 atom stereocenters. The van der Waals surface area contributed by atoms with Crippen molar-refractivity contribution in [2.24, 2.45) is 0 Å². The zero-order valence-electron chi connectivity index (χ0n) is 14.0. The third-order valence-electron chi connectivity index (χ3n) is 4.26. The number of halogens is 1. The highest BCUT2D eigenvalue weighted by atomic mass is 19.1. The van der Waals surface area contributed by atoms with E-state index in [0.29, 0.717) is 43.5 Å². The van der Waals surface area contributed by atoms with Crippen LogP contribution < -0.4 is 4.90 Å². The summed E-state index contributed by atoms with van der Waals surface area (Å²) >= 11 is 0. The Labute approximate surface area is 139 Å². The maximum Gasteiger partial charge on any atom is 0.230 e. The Kier molecular flexibility index (Phi) is 4.72. The van der Waals surface area contributed by atoms with Crippen LogP contribution in [0, 0.1) is 12.7 Å². The molecule has 130 valence electrons. The largest absolute Gasteiger partial charge is 0.424 e. The van der Waals surface area contributed by atoms with Crippen LogP contribution in [0.3, 0.4) is 0 Å². The van der Waals surface area contributed by atoms with Crippen LogP contribution in [0.2, 0.25) is 0 Å². The van der Waals surface area contributed by atoms with Crippen molar-refractivity contribution in [2.75, 3.05) is 25.0 Å². The molecule has 0 spiro atoms.